The van der Waals surface area contributed by atoms with Crippen LogP contribution >= 0.6 is 11.1 Å². The number of hydrogen-bond acceptors (Lipinski definition) is 2. The zero-order valence-corrected chi connectivity index (χ0v) is 8.69. The maximum atomic E-state index is 5.96. The molecule has 0 aromatic carbocycles. The predicted molar refractivity (Wildman–Crippen MR) is 49.6 cm³/mol. The minimum absolute atomic E-state index is 1.04. The molecule has 0 amide bonds. The summed E-state index contributed by atoms with van der Waals surface area (Å²) < 4.78 is 0. The molecule has 0 aliphatic heterocycles. The SMILES string of the molecule is CCCN[SiH](Cl)NCCC. The first-order valence-corrected chi connectivity index (χ1v) is 6.82. The van der Waals surface area contributed by atoms with Crippen molar-refractivity contribution in [2.24, 2.45) is 0 Å². The first-order valence-electron chi connectivity index (χ1n) is 3.92. The van der Waals surface area contributed by atoms with Crippen LogP contribution in [0, 0.1) is 0 Å². The summed E-state index contributed by atoms with van der Waals surface area (Å²) in [7, 11) is -1.27. The lowest BCUT2D eigenvalue weighted by molar-refractivity contribution is 0.803. The van der Waals surface area contributed by atoms with Crippen molar-refractivity contribution in [1.82, 2.24) is 9.96 Å². The van der Waals surface area contributed by atoms with Crippen LogP contribution in [0.4, 0.5) is 0 Å². The van der Waals surface area contributed by atoms with Crippen LogP contribution in [0.1, 0.15) is 26.7 Å². The summed E-state index contributed by atoms with van der Waals surface area (Å²) in [5.74, 6) is 0. The average Bonchev–Trinajstić information content (AvgIpc) is 1.97. The van der Waals surface area contributed by atoms with Crippen LogP contribution in [0.25, 0.3) is 0 Å². The Labute approximate surface area is 69.8 Å². The van der Waals surface area contributed by atoms with Gasteiger partial charge in [-0.25, -0.2) is 0 Å². The van der Waals surface area contributed by atoms with Gasteiger partial charge in [0.15, 0.2) is 0 Å². The molecule has 0 spiro atoms. The molecule has 2 nitrogen and oxygen atoms in total. The first-order chi connectivity index (χ1) is 4.81. The Hall–Kier alpha value is 0.427. The summed E-state index contributed by atoms with van der Waals surface area (Å²) in [6.07, 6.45) is 2.31. The van der Waals surface area contributed by atoms with E-state index < -0.39 is 8.43 Å². The molecular weight excluding hydrogens is 164 g/mol. The molecule has 0 atom stereocenters. The summed E-state index contributed by atoms with van der Waals surface area (Å²) in [5, 5.41) is 0. The second-order valence-corrected chi connectivity index (χ2v) is 5.12. The quantitative estimate of drug-likeness (QED) is 0.470. The summed E-state index contributed by atoms with van der Waals surface area (Å²) in [6.45, 7) is 6.36. The fraction of sp³-hybridized carbons (Fsp3) is 1.00. The lowest BCUT2D eigenvalue weighted by atomic mass is 10.5. The Kier molecular flexibility index (Phi) is 7.85. The minimum Gasteiger partial charge on any atom is -0.316 e. The van der Waals surface area contributed by atoms with Crippen molar-refractivity contribution in [1.29, 1.82) is 0 Å². The third-order valence-electron chi connectivity index (χ3n) is 1.15. The van der Waals surface area contributed by atoms with Gasteiger partial charge in [0.1, 0.15) is 0 Å². The van der Waals surface area contributed by atoms with Crippen LogP contribution in [-0.2, 0) is 0 Å². The van der Waals surface area contributed by atoms with Crippen molar-refractivity contribution >= 4 is 19.5 Å². The smallest absolute Gasteiger partial charge is 0.286 e. The topological polar surface area (TPSA) is 24.1 Å². The predicted octanol–water partition coefficient (Wildman–Crippen LogP) is 0.942. The normalized spacial score (nSPS) is 10.8. The van der Waals surface area contributed by atoms with Crippen molar-refractivity contribution in [2.45, 2.75) is 26.7 Å². The highest BCUT2D eigenvalue weighted by atomic mass is 35.6. The molecule has 0 radical (unpaired) electrons. The maximum Gasteiger partial charge on any atom is 0.286 e. The lowest BCUT2D eigenvalue weighted by Gasteiger charge is -2.09. The van der Waals surface area contributed by atoms with E-state index in [0.29, 0.717) is 0 Å². The van der Waals surface area contributed by atoms with Gasteiger partial charge >= 0.3 is 0 Å². The highest BCUT2D eigenvalue weighted by Gasteiger charge is 2.01. The van der Waals surface area contributed by atoms with E-state index in [-0.39, 0.29) is 0 Å². The molecular formula is C6H17ClN2Si. The lowest BCUT2D eigenvalue weighted by Crippen LogP contribution is -2.43. The molecule has 62 valence electrons. The summed E-state index contributed by atoms with van der Waals surface area (Å²) in [5.41, 5.74) is 0. The fourth-order valence-electron chi connectivity index (χ4n) is 0.614. The van der Waals surface area contributed by atoms with Crippen molar-refractivity contribution in [2.75, 3.05) is 13.1 Å². The molecule has 0 saturated heterocycles. The van der Waals surface area contributed by atoms with Gasteiger partial charge in [-0.3, -0.25) is 0 Å². The standard InChI is InChI=1S/C6H17ClN2Si/c1-3-5-8-10(7)9-6-4-2/h8-10H,3-6H2,1-2H3. The van der Waals surface area contributed by atoms with Crippen LogP contribution in [0.3, 0.4) is 0 Å². The van der Waals surface area contributed by atoms with Gasteiger partial charge in [-0.1, -0.05) is 13.8 Å². The van der Waals surface area contributed by atoms with Crippen molar-refractivity contribution in [3.05, 3.63) is 0 Å². The second kappa shape index (κ2) is 7.53. The zero-order chi connectivity index (χ0) is 7.82. The number of hydrogen-bond donors (Lipinski definition) is 2. The van der Waals surface area contributed by atoms with Gasteiger partial charge in [-0.05, 0) is 25.9 Å². The Morgan fingerprint density at radius 1 is 1.10 bits per heavy atom. The molecule has 0 heterocycles. The highest BCUT2D eigenvalue weighted by molar-refractivity contribution is 7.03. The number of rotatable bonds is 6. The van der Waals surface area contributed by atoms with E-state index in [4.69, 9.17) is 11.1 Å². The van der Waals surface area contributed by atoms with Gasteiger partial charge in [-0.2, -0.15) is 0 Å². The van der Waals surface area contributed by atoms with Gasteiger partial charge < -0.3 is 9.96 Å². The minimum atomic E-state index is -1.27. The van der Waals surface area contributed by atoms with Crippen molar-refractivity contribution < 1.29 is 0 Å². The van der Waals surface area contributed by atoms with E-state index in [1.807, 2.05) is 0 Å². The van der Waals surface area contributed by atoms with Crippen LogP contribution in [0.15, 0.2) is 0 Å². The van der Waals surface area contributed by atoms with E-state index in [0.717, 1.165) is 25.9 Å². The van der Waals surface area contributed by atoms with E-state index in [1.165, 1.54) is 0 Å². The van der Waals surface area contributed by atoms with E-state index >= 15 is 0 Å². The average molecular weight is 181 g/mol. The molecule has 0 aliphatic rings. The molecule has 0 aliphatic carbocycles. The van der Waals surface area contributed by atoms with Crippen LogP contribution < -0.4 is 9.96 Å². The number of halogens is 1. The fourth-order valence-corrected chi connectivity index (χ4v) is 2.50. The Balaban J connectivity index is 3.00. The molecule has 0 bridgehead atoms. The molecule has 0 rings (SSSR count). The molecule has 4 heteroatoms. The molecule has 2 N–H and O–H groups in total. The molecule has 0 aromatic rings. The Bertz CT molecular complexity index is 64.8. The first kappa shape index (κ1) is 10.4. The van der Waals surface area contributed by atoms with E-state index in [1.54, 1.807) is 0 Å². The highest BCUT2D eigenvalue weighted by Crippen LogP contribution is 1.81. The molecule has 0 aromatic heterocycles. The monoisotopic (exact) mass is 180 g/mol. The van der Waals surface area contributed by atoms with Gasteiger partial charge in [0.2, 0.25) is 0 Å². The maximum absolute atomic E-state index is 5.96. The second-order valence-electron chi connectivity index (χ2n) is 2.27. The molecule has 0 unspecified atom stereocenters. The molecule has 10 heavy (non-hydrogen) atoms. The largest absolute Gasteiger partial charge is 0.316 e. The van der Waals surface area contributed by atoms with E-state index in [2.05, 4.69) is 23.8 Å². The Morgan fingerprint density at radius 2 is 1.50 bits per heavy atom. The third-order valence-corrected chi connectivity index (χ3v) is 3.37. The van der Waals surface area contributed by atoms with Gasteiger partial charge in [0, 0.05) is 0 Å². The van der Waals surface area contributed by atoms with Crippen LogP contribution in [-0.4, -0.2) is 21.5 Å². The van der Waals surface area contributed by atoms with Crippen LogP contribution in [0.5, 0.6) is 0 Å². The number of nitrogens with one attached hydrogen (secondary N) is 2. The third kappa shape index (κ3) is 6.55. The van der Waals surface area contributed by atoms with E-state index in [9.17, 15) is 0 Å². The summed E-state index contributed by atoms with van der Waals surface area (Å²) in [4.78, 5) is 6.52. The van der Waals surface area contributed by atoms with Crippen LogP contribution in [0.2, 0.25) is 0 Å². The zero-order valence-electron chi connectivity index (χ0n) is 6.78. The van der Waals surface area contributed by atoms with Gasteiger partial charge in [0.05, 0.1) is 0 Å². The summed E-state index contributed by atoms with van der Waals surface area (Å²) in [6, 6.07) is 0. The van der Waals surface area contributed by atoms with Crippen molar-refractivity contribution in [3.63, 3.8) is 0 Å². The molecule has 0 fully saturated rings. The summed E-state index contributed by atoms with van der Waals surface area (Å²) >= 11 is 5.96. The van der Waals surface area contributed by atoms with Gasteiger partial charge in [-0.15, -0.1) is 11.1 Å². The molecule has 0 saturated carbocycles. The van der Waals surface area contributed by atoms with Gasteiger partial charge in [0.25, 0.3) is 8.43 Å². The Morgan fingerprint density at radius 3 is 1.80 bits per heavy atom. The van der Waals surface area contributed by atoms with Crippen molar-refractivity contribution in [3.8, 4) is 0 Å².